The summed E-state index contributed by atoms with van der Waals surface area (Å²) in [6.45, 7) is 2.00. The van der Waals surface area contributed by atoms with Gasteiger partial charge in [-0.3, -0.25) is 0 Å². The van der Waals surface area contributed by atoms with Crippen molar-refractivity contribution < 1.29 is 14.6 Å². The molecule has 3 nitrogen and oxygen atoms in total. The number of hydrogen-bond acceptors (Lipinski definition) is 3. The first-order chi connectivity index (χ1) is 5.31. The van der Waals surface area contributed by atoms with Crippen LogP contribution in [0.5, 0.6) is 0 Å². The molecule has 2 aliphatic heterocycles. The lowest BCUT2D eigenvalue weighted by Gasteiger charge is -1.95. The molecule has 0 saturated carbocycles. The number of fused-ring (bicyclic) bond motifs is 1. The van der Waals surface area contributed by atoms with E-state index in [-0.39, 0.29) is 6.10 Å². The highest BCUT2D eigenvalue weighted by Gasteiger charge is 2.52. The first-order valence-corrected chi connectivity index (χ1v) is 3.65. The van der Waals surface area contributed by atoms with Crippen LogP contribution < -0.4 is 0 Å². The normalized spacial score (nSPS) is 42.1. The van der Waals surface area contributed by atoms with Gasteiger partial charge in [-0.05, 0) is 6.08 Å². The Hall–Kier alpha value is -0.640. The fourth-order valence-corrected chi connectivity index (χ4v) is 0.839. The van der Waals surface area contributed by atoms with Crippen molar-refractivity contribution in [3.63, 3.8) is 0 Å². The predicted molar refractivity (Wildman–Crippen MR) is 38.9 cm³/mol. The van der Waals surface area contributed by atoms with E-state index in [0.29, 0.717) is 0 Å². The topological polar surface area (TPSA) is 45.3 Å². The number of hydrogen-bond donors (Lipinski definition) is 1. The lowest BCUT2D eigenvalue weighted by molar-refractivity contribution is 0.0826. The summed E-state index contributed by atoms with van der Waals surface area (Å²) in [5.41, 5.74) is 0. The van der Waals surface area contributed by atoms with Crippen LogP contribution >= 0.6 is 0 Å². The van der Waals surface area contributed by atoms with Crippen molar-refractivity contribution in [2.75, 3.05) is 13.2 Å². The summed E-state index contributed by atoms with van der Waals surface area (Å²) in [5.74, 6) is -0.922. The van der Waals surface area contributed by atoms with Gasteiger partial charge in [0.1, 0.15) is 6.10 Å². The molecule has 1 N–H and O–H groups in total. The Morgan fingerprint density at radius 3 is 2.45 bits per heavy atom. The van der Waals surface area contributed by atoms with E-state index in [2.05, 4.69) is 4.74 Å². The van der Waals surface area contributed by atoms with Gasteiger partial charge >= 0.3 is 0 Å². The zero-order valence-corrected chi connectivity index (χ0v) is 6.06. The maximum absolute atomic E-state index is 9.09. The van der Waals surface area contributed by atoms with E-state index in [1.807, 2.05) is 12.2 Å². The van der Waals surface area contributed by atoms with Crippen molar-refractivity contribution in [1.82, 2.24) is 0 Å². The molecule has 3 heteroatoms. The number of epoxide rings is 2. The first kappa shape index (κ1) is 7.03. The Morgan fingerprint density at radius 2 is 2.09 bits per heavy atom. The minimum Gasteiger partial charge on any atom is -0.377 e. The molecule has 0 radical (unpaired) electrons. The minimum absolute atomic E-state index is 0.0625. The summed E-state index contributed by atoms with van der Waals surface area (Å²) in [7, 11) is 0. The third-order valence-corrected chi connectivity index (χ3v) is 1.60. The van der Waals surface area contributed by atoms with Crippen LogP contribution in [-0.2, 0) is 9.47 Å². The molecule has 3 aliphatic rings. The van der Waals surface area contributed by atoms with Crippen LogP contribution in [0.1, 0.15) is 0 Å². The Balaban J connectivity index is 0.000000135. The zero-order valence-electron chi connectivity index (χ0n) is 6.06. The Morgan fingerprint density at radius 1 is 1.36 bits per heavy atom. The SMILES string of the molecule is C1CO1.OC12C=CC=CC1O2. The summed E-state index contributed by atoms with van der Waals surface area (Å²) in [5, 5.41) is 9.09. The van der Waals surface area contributed by atoms with Gasteiger partial charge in [0.2, 0.25) is 5.79 Å². The second-order valence-electron chi connectivity index (χ2n) is 2.65. The van der Waals surface area contributed by atoms with Crippen molar-refractivity contribution in [2.24, 2.45) is 0 Å². The standard InChI is InChI=1S/C6H6O2.C2H4O/c7-6-4-2-1-3-5(6)8-6;1-2-3-1/h1-5,7H;1-2H2. The maximum Gasteiger partial charge on any atom is 0.217 e. The van der Waals surface area contributed by atoms with E-state index >= 15 is 0 Å². The van der Waals surface area contributed by atoms with Gasteiger partial charge in [0, 0.05) is 0 Å². The smallest absolute Gasteiger partial charge is 0.217 e. The van der Waals surface area contributed by atoms with Crippen LogP contribution in [0.15, 0.2) is 24.3 Å². The molecule has 2 unspecified atom stereocenters. The molecule has 2 heterocycles. The Kier molecular flexibility index (Phi) is 1.56. The van der Waals surface area contributed by atoms with Crippen molar-refractivity contribution in [1.29, 1.82) is 0 Å². The average molecular weight is 154 g/mol. The summed E-state index contributed by atoms with van der Waals surface area (Å²) < 4.78 is 9.35. The second-order valence-corrected chi connectivity index (χ2v) is 2.65. The molecule has 0 aromatic carbocycles. The molecular weight excluding hydrogens is 144 g/mol. The minimum atomic E-state index is -0.922. The molecule has 0 aromatic heterocycles. The monoisotopic (exact) mass is 154 g/mol. The van der Waals surface area contributed by atoms with Crippen molar-refractivity contribution >= 4 is 0 Å². The average Bonchev–Trinajstić information content (AvgIpc) is 2.84. The molecule has 3 rings (SSSR count). The largest absolute Gasteiger partial charge is 0.377 e. The number of ether oxygens (including phenoxy) is 2. The van der Waals surface area contributed by atoms with Crippen LogP contribution in [-0.4, -0.2) is 30.2 Å². The van der Waals surface area contributed by atoms with E-state index in [4.69, 9.17) is 9.84 Å². The highest BCUT2D eigenvalue weighted by Crippen LogP contribution is 2.37. The van der Waals surface area contributed by atoms with Gasteiger partial charge in [-0.15, -0.1) is 0 Å². The molecule has 2 atom stereocenters. The fourth-order valence-electron chi connectivity index (χ4n) is 0.839. The molecule has 0 bridgehead atoms. The van der Waals surface area contributed by atoms with Crippen molar-refractivity contribution in [2.45, 2.75) is 11.9 Å². The molecular formula is C8H10O3. The highest BCUT2D eigenvalue weighted by atomic mass is 16.7. The van der Waals surface area contributed by atoms with Gasteiger partial charge < -0.3 is 14.6 Å². The van der Waals surface area contributed by atoms with Crippen LogP contribution in [0.2, 0.25) is 0 Å². The van der Waals surface area contributed by atoms with Gasteiger partial charge in [0.15, 0.2) is 0 Å². The van der Waals surface area contributed by atoms with Gasteiger partial charge in [0.25, 0.3) is 0 Å². The predicted octanol–water partition coefficient (Wildman–Crippen LogP) is 0.216. The summed E-state index contributed by atoms with van der Waals surface area (Å²) in [4.78, 5) is 0. The molecule has 60 valence electrons. The lowest BCUT2D eigenvalue weighted by atomic mass is 10.1. The Labute approximate surface area is 64.9 Å². The van der Waals surface area contributed by atoms with Crippen LogP contribution in [0, 0.1) is 0 Å². The molecule has 11 heavy (non-hydrogen) atoms. The maximum atomic E-state index is 9.09. The van der Waals surface area contributed by atoms with E-state index in [1.165, 1.54) is 0 Å². The molecule has 2 fully saturated rings. The molecule has 1 aliphatic carbocycles. The van der Waals surface area contributed by atoms with Crippen molar-refractivity contribution in [3.8, 4) is 0 Å². The van der Waals surface area contributed by atoms with Crippen LogP contribution in [0.3, 0.4) is 0 Å². The van der Waals surface area contributed by atoms with E-state index < -0.39 is 5.79 Å². The summed E-state index contributed by atoms with van der Waals surface area (Å²) in [6.07, 6.45) is 7.07. The third kappa shape index (κ3) is 1.68. The summed E-state index contributed by atoms with van der Waals surface area (Å²) >= 11 is 0. The van der Waals surface area contributed by atoms with Crippen LogP contribution in [0.4, 0.5) is 0 Å². The number of aliphatic hydroxyl groups is 1. The number of rotatable bonds is 0. The number of allylic oxidation sites excluding steroid dienone is 2. The first-order valence-electron chi connectivity index (χ1n) is 3.65. The van der Waals surface area contributed by atoms with Gasteiger partial charge in [-0.1, -0.05) is 18.2 Å². The van der Waals surface area contributed by atoms with E-state index in [1.54, 1.807) is 12.2 Å². The van der Waals surface area contributed by atoms with E-state index in [9.17, 15) is 0 Å². The summed E-state index contributed by atoms with van der Waals surface area (Å²) in [6, 6.07) is 0. The highest BCUT2D eigenvalue weighted by molar-refractivity contribution is 5.26. The second kappa shape index (κ2) is 2.44. The van der Waals surface area contributed by atoms with Gasteiger partial charge in [0.05, 0.1) is 13.2 Å². The van der Waals surface area contributed by atoms with Gasteiger partial charge in [-0.25, -0.2) is 0 Å². The molecule has 0 aromatic rings. The van der Waals surface area contributed by atoms with Crippen LogP contribution in [0.25, 0.3) is 0 Å². The van der Waals surface area contributed by atoms with E-state index in [0.717, 1.165) is 13.2 Å². The van der Waals surface area contributed by atoms with Gasteiger partial charge in [-0.2, -0.15) is 0 Å². The molecule has 0 spiro atoms. The molecule has 2 saturated heterocycles. The zero-order chi connectivity index (χ0) is 7.73. The lowest BCUT2D eigenvalue weighted by Crippen LogP contribution is -2.09. The Bertz CT molecular complexity index is 205. The van der Waals surface area contributed by atoms with Crippen molar-refractivity contribution in [3.05, 3.63) is 24.3 Å². The fraction of sp³-hybridized carbons (Fsp3) is 0.500. The third-order valence-electron chi connectivity index (χ3n) is 1.60. The molecule has 0 amide bonds. The quantitative estimate of drug-likeness (QED) is 0.507.